The van der Waals surface area contributed by atoms with Gasteiger partial charge in [-0.05, 0) is 49.0 Å². The molecule has 2 unspecified atom stereocenters. The molecule has 1 N–H and O–H groups in total. The van der Waals surface area contributed by atoms with E-state index in [4.69, 9.17) is 0 Å². The summed E-state index contributed by atoms with van der Waals surface area (Å²) in [6.07, 6.45) is -3.80. The van der Waals surface area contributed by atoms with Crippen LogP contribution in [0.2, 0.25) is 0 Å². The van der Waals surface area contributed by atoms with Crippen molar-refractivity contribution < 1.29 is 17.6 Å². The van der Waals surface area contributed by atoms with Gasteiger partial charge >= 0.3 is 6.18 Å². The minimum Gasteiger partial charge on any atom is -0.316 e. The van der Waals surface area contributed by atoms with Gasteiger partial charge in [0.05, 0.1) is 5.56 Å². The number of piperidine rings is 1. The molecule has 0 bridgehead atoms. The lowest BCUT2D eigenvalue weighted by atomic mass is 9.82. The molecular formula is C13H15F4N. The van der Waals surface area contributed by atoms with Crippen LogP contribution >= 0.6 is 0 Å². The van der Waals surface area contributed by atoms with Crippen LogP contribution in [0.3, 0.4) is 0 Å². The van der Waals surface area contributed by atoms with Crippen molar-refractivity contribution in [3.05, 3.63) is 35.1 Å². The summed E-state index contributed by atoms with van der Waals surface area (Å²) in [4.78, 5) is 0. The number of alkyl halides is 3. The van der Waals surface area contributed by atoms with E-state index in [1.54, 1.807) is 0 Å². The average molecular weight is 261 g/mol. The molecule has 0 aliphatic carbocycles. The quantitative estimate of drug-likeness (QED) is 0.762. The van der Waals surface area contributed by atoms with Crippen LogP contribution in [-0.2, 0) is 6.18 Å². The van der Waals surface area contributed by atoms with Crippen molar-refractivity contribution in [2.24, 2.45) is 5.92 Å². The van der Waals surface area contributed by atoms with Crippen molar-refractivity contribution in [3.63, 3.8) is 0 Å². The second kappa shape index (κ2) is 4.88. The summed E-state index contributed by atoms with van der Waals surface area (Å²) in [5.74, 6) is -0.747. The van der Waals surface area contributed by atoms with Crippen molar-refractivity contribution >= 4 is 0 Å². The number of nitrogens with one attached hydrogen (secondary N) is 1. The number of benzene rings is 1. The summed E-state index contributed by atoms with van der Waals surface area (Å²) >= 11 is 0. The van der Waals surface area contributed by atoms with Crippen molar-refractivity contribution in [1.29, 1.82) is 0 Å². The molecule has 18 heavy (non-hydrogen) atoms. The zero-order valence-electron chi connectivity index (χ0n) is 10.0. The van der Waals surface area contributed by atoms with Gasteiger partial charge < -0.3 is 5.32 Å². The van der Waals surface area contributed by atoms with E-state index < -0.39 is 17.6 Å². The first kappa shape index (κ1) is 13.3. The van der Waals surface area contributed by atoms with Gasteiger partial charge in [0.25, 0.3) is 0 Å². The van der Waals surface area contributed by atoms with Crippen LogP contribution < -0.4 is 5.32 Å². The molecule has 0 saturated carbocycles. The molecule has 1 aliphatic rings. The third kappa shape index (κ3) is 2.66. The molecule has 2 rings (SSSR count). The van der Waals surface area contributed by atoms with Crippen LogP contribution in [0, 0.1) is 11.7 Å². The van der Waals surface area contributed by atoms with Crippen LogP contribution in [0.25, 0.3) is 0 Å². The number of hydrogen-bond donors (Lipinski definition) is 1. The number of halogens is 4. The molecular weight excluding hydrogens is 246 g/mol. The predicted molar refractivity (Wildman–Crippen MR) is 60.8 cm³/mol. The van der Waals surface area contributed by atoms with Gasteiger partial charge in [-0.1, -0.05) is 13.0 Å². The van der Waals surface area contributed by atoms with Crippen LogP contribution in [-0.4, -0.2) is 13.1 Å². The van der Waals surface area contributed by atoms with E-state index in [1.165, 1.54) is 6.07 Å². The summed E-state index contributed by atoms with van der Waals surface area (Å²) in [7, 11) is 0. The maximum absolute atomic E-state index is 13.5. The normalized spacial score (nSPS) is 25.2. The molecule has 0 radical (unpaired) electrons. The van der Waals surface area contributed by atoms with Gasteiger partial charge in [0.15, 0.2) is 0 Å². The first-order valence-electron chi connectivity index (χ1n) is 5.97. The molecule has 1 fully saturated rings. The smallest absolute Gasteiger partial charge is 0.316 e. The Morgan fingerprint density at radius 1 is 1.28 bits per heavy atom. The topological polar surface area (TPSA) is 12.0 Å². The highest BCUT2D eigenvalue weighted by Gasteiger charge is 2.34. The van der Waals surface area contributed by atoms with E-state index >= 15 is 0 Å². The zero-order chi connectivity index (χ0) is 13.3. The Morgan fingerprint density at radius 3 is 2.56 bits per heavy atom. The fourth-order valence-electron chi connectivity index (χ4n) is 2.50. The lowest BCUT2D eigenvalue weighted by Gasteiger charge is -2.30. The summed E-state index contributed by atoms with van der Waals surface area (Å²) in [6.45, 7) is 3.65. The van der Waals surface area contributed by atoms with Gasteiger partial charge in [0.2, 0.25) is 0 Å². The molecule has 2 atom stereocenters. The van der Waals surface area contributed by atoms with Crippen molar-refractivity contribution in [3.8, 4) is 0 Å². The molecule has 1 nitrogen and oxygen atoms in total. The van der Waals surface area contributed by atoms with E-state index in [2.05, 4.69) is 5.32 Å². The highest BCUT2D eigenvalue weighted by atomic mass is 19.4. The van der Waals surface area contributed by atoms with Gasteiger partial charge in [-0.2, -0.15) is 13.2 Å². The standard InChI is InChI=1S/C13H15F4N/c1-8-7-18-5-4-10(8)9-2-3-11(12(14)6-9)13(15,16)17/h2-3,6,8,10,18H,4-5,7H2,1H3. The highest BCUT2D eigenvalue weighted by Crippen LogP contribution is 2.35. The third-order valence-corrected chi connectivity index (χ3v) is 3.51. The molecule has 0 amide bonds. The van der Waals surface area contributed by atoms with Gasteiger partial charge in [-0.3, -0.25) is 0 Å². The summed E-state index contributed by atoms with van der Waals surface area (Å²) in [5.41, 5.74) is -0.526. The average Bonchev–Trinajstić information content (AvgIpc) is 2.27. The van der Waals surface area contributed by atoms with Crippen molar-refractivity contribution in [2.45, 2.75) is 25.4 Å². The van der Waals surface area contributed by atoms with Crippen molar-refractivity contribution in [2.75, 3.05) is 13.1 Å². The second-order valence-corrected chi connectivity index (χ2v) is 4.81. The van der Waals surface area contributed by atoms with E-state index in [0.29, 0.717) is 11.5 Å². The first-order chi connectivity index (χ1) is 8.39. The summed E-state index contributed by atoms with van der Waals surface area (Å²) in [6, 6.07) is 3.28. The van der Waals surface area contributed by atoms with Crippen molar-refractivity contribution in [1.82, 2.24) is 5.32 Å². The lowest BCUT2D eigenvalue weighted by molar-refractivity contribution is -0.140. The maximum atomic E-state index is 13.5. The molecule has 100 valence electrons. The third-order valence-electron chi connectivity index (χ3n) is 3.51. The van der Waals surface area contributed by atoms with Gasteiger partial charge in [-0.25, -0.2) is 4.39 Å². The second-order valence-electron chi connectivity index (χ2n) is 4.81. The Labute approximate surface area is 103 Å². The van der Waals surface area contributed by atoms with E-state index in [1.807, 2.05) is 6.92 Å². The van der Waals surface area contributed by atoms with Gasteiger partial charge in [-0.15, -0.1) is 0 Å². The molecule has 1 aromatic carbocycles. The van der Waals surface area contributed by atoms with Crippen LogP contribution in [0.15, 0.2) is 18.2 Å². The minimum atomic E-state index is -4.62. The monoisotopic (exact) mass is 261 g/mol. The fourth-order valence-corrected chi connectivity index (χ4v) is 2.50. The van der Waals surface area contributed by atoms with Crippen LogP contribution in [0.4, 0.5) is 17.6 Å². The lowest BCUT2D eigenvalue weighted by Crippen LogP contribution is -2.33. The Morgan fingerprint density at radius 2 is 2.00 bits per heavy atom. The molecule has 1 aliphatic heterocycles. The fraction of sp³-hybridized carbons (Fsp3) is 0.538. The Bertz CT molecular complexity index is 427. The molecule has 0 spiro atoms. The Hall–Kier alpha value is -1.10. The Balaban J connectivity index is 2.28. The number of hydrogen-bond acceptors (Lipinski definition) is 1. The van der Waals surface area contributed by atoms with E-state index in [9.17, 15) is 17.6 Å². The first-order valence-corrected chi connectivity index (χ1v) is 5.97. The SMILES string of the molecule is CC1CNCCC1c1ccc(C(F)(F)F)c(F)c1. The zero-order valence-corrected chi connectivity index (χ0v) is 10.0. The Kier molecular flexibility index (Phi) is 3.61. The largest absolute Gasteiger partial charge is 0.419 e. The number of rotatable bonds is 1. The van der Waals surface area contributed by atoms with Gasteiger partial charge in [0.1, 0.15) is 5.82 Å². The molecule has 1 saturated heterocycles. The van der Waals surface area contributed by atoms with Crippen LogP contribution in [0.1, 0.15) is 30.4 Å². The minimum absolute atomic E-state index is 0.128. The van der Waals surface area contributed by atoms with Crippen LogP contribution in [0.5, 0.6) is 0 Å². The summed E-state index contributed by atoms with van der Waals surface area (Å²) < 4.78 is 50.8. The highest BCUT2D eigenvalue weighted by molar-refractivity contribution is 5.29. The van der Waals surface area contributed by atoms with E-state index in [-0.39, 0.29) is 5.92 Å². The molecule has 1 heterocycles. The van der Waals surface area contributed by atoms with Gasteiger partial charge in [0, 0.05) is 0 Å². The molecule has 1 aromatic rings. The molecule has 0 aromatic heterocycles. The summed E-state index contributed by atoms with van der Waals surface area (Å²) in [5, 5.41) is 3.21. The van der Waals surface area contributed by atoms with E-state index in [0.717, 1.165) is 31.6 Å². The molecule has 5 heteroatoms. The maximum Gasteiger partial charge on any atom is 0.419 e. The predicted octanol–water partition coefficient (Wildman–Crippen LogP) is 3.56.